The maximum absolute atomic E-state index is 12.2. The van der Waals surface area contributed by atoms with Crippen LogP contribution in [0.1, 0.15) is 30.1 Å². The lowest BCUT2D eigenvalue weighted by Crippen LogP contribution is -2.54. The molecule has 0 saturated carbocycles. The lowest BCUT2D eigenvalue weighted by Gasteiger charge is -2.38. The Labute approximate surface area is 158 Å². The number of carbonyl (C=O) groups excluding carboxylic acids is 2. The molecule has 0 bridgehead atoms. The van der Waals surface area contributed by atoms with Gasteiger partial charge < -0.3 is 15.1 Å². The van der Waals surface area contributed by atoms with Gasteiger partial charge in [-0.3, -0.25) is 4.79 Å². The predicted molar refractivity (Wildman–Crippen MR) is 98.8 cm³/mol. The normalized spacial score (nSPS) is 17.3. The van der Waals surface area contributed by atoms with Gasteiger partial charge in [0.2, 0.25) is 5.91 Å². The van der Waals surface area contributed by atoms with Crippen LogP contribution in [0.4, 0.5) is 4.79 Å². The molecule has 2 saturated heterocycles. The van der Waals surface area contributed by atoms with Crippen molar-refractivity contribution in [1.29, 1.82) is 0 Å². The van der Waals surface area contributed by atoms with Gasteiger partial charge >= 0.3 is 6.03 Å². The van der Waals surface area contributed by atoms with Crippen LogP contribution in [-0.4, -0.2) is 62.9 Å². The average Bonchev–Trinajstić information content (AvgIpc) is 3.25. The summed E-state index contributed by atoms with van der Waals surface area (Å²) in [6.07, 6.45) is 4.27. The minimum atomic E-state index is -0.0369. The third-order valence-corrected chi connectivity index (χ3v) is 5.14. The van der Waals surface area contributed by atoms with Crippen LogP contribution in [0.5, 0.6) is 0 Å². The van der Waals surface area contributed by atoms with Gasteiger partial charge in [0.05, 0.1) is 18.8 Å². The van der Waals surface area contributed by atoms with Crippen LogP contribution in [-0.2, 0) is 17.8 Å². The van der Waals surface area contributed by atoms with Crippen molar-refractivity contribution in [1.82, 2.24) is 30.1 Å². The van der Waals surface area contributed by atoms with Crippen molar-refractivity contribution in [2.24, 2.45) is 0 Å². The molecular weight excluding hydrogens is 344 g/mol. The first-order valence-electron chi connectivity index (χ1n) is 9.44. The first kappa shape index (κ1) is 17.5. The zero-order valence-electron chi connectivity index (χ0n) is 15.3. The first-order valence-corrected chi connectivity index (χ1v) is 9.44. The Morgan fingerprint density at radius 2 is 2.04 bits per heavy atom. The van der Waals surface area contributed by atoms with E-state index in [0.29, 0.717) is 32.6 Å². The number of urea groups is 1. The van der Waals surface area contributed by atoms with Gasteiger partial charge in [-0.05, 0) is 18.4 Å². The number of hydrogen-bond donors (Lipinski definition) is 1. The molecule has 2 fully saturated rings. The lowest BCUT2D eigenvalue weighted by atomic mass is 10.1. The van der Waals surface area contributed by atoms with E-state index in [9.17, 15) is 9.59 Å². The van der Waals surface area contributed by atoms with E-state index >= 15 is 0 Å². The molecule has 27 heavy (non-hydrogen) atoms. The highest BCUT2D eigenvalue weighted by Crippen LogP contribution is 2.21. The fourth-order valence-corrected chi connectivity index (χ4v) is 3.49. The van der Waals surface area contributed by atoms with Crippen molar-refractivity contribution < 1.29 is 9.59 Å². The van der Waals surface area contributed by atoms with Gasteiger partial charge in [-0.1, -0.05) is 35.5 Å². The number of carbonyl (C=O) groups is 2. The minimum absolute atomic E-state index is 0.0369. The molecule has 2 aromatic rings. The summed E-state index contributed by atoms with van der Waals surface area (Å²) in [5.74, 6) is 0.187. The SMILES string of the molecule is O=C1CCCN1Cc1cn(C2CN(C(=O)NCCc3ccccc3)C2)nn1. The van der Waals surface area contributed by atoms with E-state index in [1.807, 2.05) is 34.0 Å². The molecule has 3 heterocycles. The van der Waals surface area contributed by atoms with Crippen molar-refractivity contribution in [2.45, 2.75) is 31.8 Å². The second kappa shape index (κ2) is 7.77. The summed E-state index contributed by atoms with van der Waals surface area (Å²) in [6.45, 7) is 3.20. The molecule has 8 heteroatoms. The second-order valence-corrected chi connectivity index (χ2v) is 7.14. The van der Waals surface area contributed by atoms with E-state index in [1.165, 1.54) is 5.56 Å². The van der Waals surface area contributed by atoms with E-state index in [2.05, 4.69) is 27.8 Å². The molecule has 8 nitrogen and oxygen atoms in total. The van der Waals surface area contributed by atoms with Crippen LogP contribution in [0.2, 0.25) is 0 Å². The van der Waals surface area contributed by atoms with E-state index in [4.69, 9.17) is 0 Å². The highest BCUT2D eigenvalue weighted by Gasteiger charge is 2.33. The summed E-state index contributed by atoms with van der Waals surface area (Å²) in [7, 11) is 0. The molecule has 1 aromatic carbocycles. The molecular formula is C19H24N6O2. The van der Waals surface area contributed by atoms with Crippen LogP contribution < -0.4 is 5.32 Å². The van der Waals surface area contributed by atoms with Crippen molar-refractivity contribution in [3.05, 3.63) is 47.8 Å². The third kappa shape index (κ3) is 4.10. The Bertz CT molecular complexity index is 800. The number of benzene rings is 1. The molecule has 142 valence electrons. The van der Waals surface area contributed by atoms with Gasteiger partial charge in [0.25, 0.3) is 0 Å². The standard InChI is InChI=1S/C19H24N6O2/c26-18-7-4-10-23(18)11-16-12-25(22-21-16)17-13-24(14-17)19(27)20-9-8-15-5-2-1-3-6-15/h1-3,5-6,12,17H,4,7-11,13-14H2,(H,20,27). The topological polar surface area (TPSA) is 83.4 Å². The van der Waals surface area contributed by atoms with Gasteiger partial charge in [-0.15, -0.1) is 5.10 Å². The zero-order valence-corrected chi connectivity index (χ0v) is 15.3. The van der Waals surface area contributed by atoms with E-state index < -0.39 is 0 Å². The molecule has 0 radical (unpaired) electrons. The van der Waals surface area contributed by atoms with Crippen molar-refractivity contribution in [3.8, 4) is 0 Å². The summed E-state index contributed by atoms with van der Waals surface area (Å²) in [5, 5.41) is 11.3. The van der Waals surface area contributed by atoms with Crippen LogP contribution in [0.3, 0.4) is 0 Å². The predicted octanol–water partition coefficient (Wildman–Crippen LogP) is 1.21. The molecule has 2 aliphatic rings. The van der Waals surface area contributed by atoms with E-state index in [-0.39, 0.29) is 18.0 Å². The second-order valence-electron chi connectivity index (χ2n) is 7.14. The van der Waals surface area contributed by atoms with Crippen molar-refractivity contribution in [2.75, 3.05) is 26.2 Å². The van der Waals surface area contributed by atoms with Gasteiger partial charge in [-0.2, -0.15) is 0 Å². The van der Waals surface area contributed by atoms with Crippen molar-refractivity contribution in [3.63, 3.8) is 0 Å². The fraction of sp³-hybridized carbons (Fsp3) is 0.474. The minimum Gasteiger partial charge on any atom is -0.338 e. The van der Waals surface area contributed by atoms with E-state index in [1.54, 1.807) is 4.90 Å². The Hall–Kier alpha value is -2.90. The number of nitrogens with one attached hydrogen (secondary N) is 1. The summed E-state index contributed by atoms with van der Waals surface area (Å²) >= 11 is 0. The number of nitrogens with zero attached hydrogens (tertiary/aromatic N) is 5. The molecule has 1 aromatic heterocycles. The molecule has 0 spiro atoms. The molecule has 4 rings (SSSR count). The van der Waals surface area contributed by atoms with E-state index in [0.717, 1.165) is 25.1 Å². The molecule has 0 aliphatic carbocycles. The quantitative estimate of drug-likeness (QED) is 0.831. The third-order valence-electron chi connectivity index (χ3n) is 5.14. The van der Waals surface area contributed by atoms with Gasteiger partial charge in [-0.25, -0.2) is 9.48 Å². The smallest absolute Gasteiger partial charge is 0.317 e. The summed E-state index contributed by atoms with van der Waals surface area (Å²) in [4.78, 5) is 27.5. The number of hydrogen-bond acceptors (Lipinski definition) is 4. The monoisotopic (exact) mass is 368 g/mol. The van der Waals surface area contributed by atoms with Crippen molar-refractivity contribution >= 4 is 11.9 Å². The Balaban J connectivity index is 1.20. The van der Waals surface area contributed by atoms with Gasteiger partial charge in [0.15, 0.2) is 0 Å². The zero-order chi connectivity index (χ0) is 18.6. The van der Waals surface area contributed by atoms with Gasteiger partial charge in [0, 0.05) is 32.6 Å². The Morgan fingerprint density at radius 3 is 2.78 bits per heavy atom. The fourth-order valence-electron chi connectivity index (χ4n) is 3.49. The van der Waals surface area contributed by atoms with Crippen LogP contribution >= 0.6 is 0 Å². The van der Waals surface area contributed by atoms with Crippen LogP contribution in [0.15, 0.2) is 36.5 Å². The summed E-state index contributed by atoms with van der Waals surface area (Å²) in [6, 6.07) is 10.2. The highest BCUT2D eigenvalue weighted by molar-refractivity contribution is 5.78. The maximum Gasteiger partial charge on any atom is 0.317 e. The highest BCUT2D eigenvalue weighted by atomic mass is 16.2. The molecule has 1 N–H and O–H groups in total. The molecule has 0 atom stereocenters. The Kier molecular flexibility index (Phi) is 5.04. The first-order chi connectivity index (χ1) is 13.2. The number of likely N-dealkylation sites (tertiary alicyclic amines) is 2. The maximum atomic E-state index is 12.2. The molecule has 0 unspecified atom stereocenters. The van der Waals surface area contributed by atoms with Crippen LogP contribution in [0.25, 0.3) is 0 Å². The number of aromatic nitrogens is 3. The summed E-state index contributed by atoms with van der Waals surface area (Å²) in [5.41, 5.74) is 2.02. The number of rotatable bonds is 6. The number of amides is 3. The largest absolute Gasteiger partial charge is 0.338 e. The molecule has 2 aliphatic heterocycles. The Morgan fingerprint density at radius 1 is 1.22 bits per heavy atom. The average molecular weight is 368 g/mol. The summed E-state index contributed by atoms with van der Waals surface area (Å²) < 4.78 is 1.81. The van der Waals surface area contributed by atoms with Gasteiger partial charge in [0.1, 0.15) is 5.69 Å². The lowest BCUT2D eigenvalue weighted by molar-refractivity contribution is -0.128. The molecule has 3 amide bonds. The van der Waals surface area contributed by atoms with Crippen LogP contribution in [0, 0.1) is 0 Å².